The smallest absolute Gasteiger partial charge is 0.166 e. The van der Waals surface area contributed by atoms with Gasteiger partial charge in [0.05, 0.1) is 11.9 Å². The molecule has 7 heteroatoms. The monoisotopic (exact) mass is 390 g/mol. The Morgan fingerprint density at radius 1 is 1.14 bits per heavy atom. The lowest BCUT2D eigenvalue weighted by molar-refractivity contribution is 0.328. The van der Waals surface area contributed by atoms with Gasteiger partial charge in [-0.1, -0.05) is 27.7 Å². The lowest BCUT2D eigenvalue weighted by Gasteiger charge is -2.27. The summed E-state index contributed by atoms with van der Waals surface area (Å²) in [6, 6.07) is 1.57. The molecular formula is C21H35FN6. The molecule has 0 unspecified atom stereocenters. The van der Waals surface area contributed by atoms with Crippen molar-refractivity contribution in [2.45, 2.75) is 34.2 Å². The summed E-state index contributed by atoms with van der Waals surface area (Å²) in [7, 11) is 4.00. The van der Waals surface area contributed by atoms with Crippen molar-refractivity contribution in [3.63, 3.8) is 0 Å². The van der Waals surface area contributed by atoms with Gasteiger partial charge in [-0.3, -0.25) is 5.10 Å². The Balaban J connectivity index is 2.23. The molecular weight excluding hydrogens is 355 g/mol. The summed E-state index contributed by atoms with van der Waals surface area (Å²) in [5, 5.41) is 10.3. The maximum absolute atomic E-state index is 15.0. The number of aromatic amines is 1. The van der Waals surface area contributed by atoms with E-state index in [1.54, 1.807) is 18.5 Å². The van der Waals surface area contributed by atoms with Crippen LogP contribution >= 0.6 is 0 Å². The van der Waals surface area contributed by atoms with Crippen molar-refractivity contribution in [2.24, 2.45) is 11.8 Å². The zero-order valence-corrected chi connectivity index (χ0v) is 18.1. The molecule has 28 heavy (non-hydrogen) atoms. The number of hydrogen-bond acceptors (Lipinski definition) is 5. The topological polar surface area (TPSA) is 60.1 Å². The van der Waals surface area contributed by atoms with Crippen LogP contribution in [0.15, 0.2) is 18.5 Å². The summed E-state index contributed by atoms with van der Waals surface area (Å²) in [5.74, 6) is 1.01. The van der Waals surface area contributed by atoms with E-state index in [1.807, 2.05) is 11.9 Å². The Morgan fingerprint density at radius 3 is 2.39 bits per heavy atom. The predicted octanol–water partition coefficient (Wildman–Crippen LogP) is 3.38. The van der Waals surface area contributed by atoms with Crippen molar-refractivity contribution in [1.82, 2.24) is 25.4 Å². The van der Waals surface area contributed by atoms with Crippen LogP contribution in [0.1, 0.15) is 33.3 Å². The molecule has 0 aromatic carbocycles. The Morgan fingerprint density at radius 2 is 1.82 bits per heavy atom. The Labute approximate surface area is 168 Å². The van der Waals surface area contributed by atoms with Crippen LogP contribution in [-0.2, 0) is 6.54 Å². The van der Waals surface area contributed by atoms with E-state index in [4.69, 9.17) is 0 Å². The average Bonchev–Trinajstić information content (AvgIpc) is 3.06. The lowest BCUT2D eigenvalue weighted by Crippen LogP contribution is -2.32. The van der Waals surface area contributed by atoms with Crippen LogP contribution < -0.4 is 10.2 Å². The first-order valence-electron chi connectivity index (χ1n) is 10.1. The standard InChI is InChI=1S/C21H35FN6/c1-15(2)12-28(13-16(3)4)21-19(22)9-17(10-24-21)20-18(11-25-26-20)14-27(6)8-7-23-5/h9-11,15-16,23H,7-8,12-14H2,1-6H3,(H,25,26). The van der Waals surface area contributed by atoms with Gasteiger partial charge in [-0.15, -0.1) is 0 Å². The van der Waals surface area contributed by atoms with Crippen molar-refractivity contribution in [3.05, 3.63) is 29.8 Å². The van der Waals surface area contributed by atoms with Gasteiger partial charge in [-0.2, -0.15) is 5.10 Å². The van der Waals surface area contributed by atoms with Gasteiger partial charge in [-0.25, -0.2) is 9.37 Å². The van der Waals surface area contributed by atoms with Gasteiger partial charge in [0.15, 0.2) is 11.6 Å². The summed E-state index contributed by atoms with van der Waals surface area (Å²) in [4.78, 5) is 8.74. The first kappa shape index (κ1) is 22.3. The van der Waals surface area contributed by atoms with Crippen LogP contribution in [0.25, 0.3) is 11.3 Å². The van der Waals surface area contributed by atoms with Crippen LogP contribution in [-0.4, -0.2) is 60.4 Å². The average molecular weight is 391 g/mol. The van der Waals surface area contributed by atoms with Crippen molar-refractivity contribution in [1.29, 1.82) is 0 Å². The summed E-state index contributed by atoms with van der Waals surface area (Å²) >= 11 is 0. The minimum Gasteiger partial charge on any atom is -0.354 e. The maximum atomic E-state index is 15.0. The minimum absolute atomic E-state index is 0.289. The molecule has 2 N–H and O–H groups in total. The number of aromatic nitrogens is 3. The summed E-state index contributed by atoms with van der Waals surface area (Å²) in [6.07, 6.45) is 3.55. The molecule has 0 saturated carbocycles. The largest absolute Gasteiger partial charge is 0.354 e. The SMILES string of the molecule is CNCCN(C)Cc1cn[nH]c1-c1cnc(N(CC(C)C)CC(C)C)c(F)c1. The number of likely N-dealkylation sites (N-methyl/N-ethyl adjacent to an activating group) is 2. The molecule has 0 radical (unpaired) electrons. The number of pyridine rings is 1. The van der Waals surface area contributed by atoms with E-state index in [1.165, 1.54) is 0 Å². The van der Waals surface area contributed by atoms with E-state index in [0.29, 0.717) is 17.7 Å². The molecule has 2 aromatic rings. The fourth-order valence-electron chi connectivity index (χ4n) is 3.28. The minimum atomic E-state index is -0.289. The highest BCUT2D eigenvalue weighted by atomic mass is 19.1. The molecule has 0 atom stereocenters. The molecule has 0 aliphatic carbocycles. The molecule has 0 aliphatic rings. The first-order chi connectivity index (χ1) is 13.3. The van der Waals surface area contributed by atoms with Gasteiger partial charge in [-0.05, 0) is 32.0 Å². The highest BCUT2D eigenvalue weighted by molar-refractivity contribution is 5.63. The Hall–Kier alpha value is -1.99. The molecule has 6 nitrogen and oxygen atoms in total. The van der Waals surface area contributed by atoms with E-state index in [2.05, 4.69) is 60.1 Å². The predicted molar refractivity (Wildman–Crippen MR) is 114 cm³/mol. The van der Waals surface area contributed by atoms with E-state index < -0.39 is 0 Å². The van der Waals surface area contributed by atoms with Crippen LogP contribution in [0.2, 0.25) is 0 Å². The number of nitrogens with one attached hydrogen (secondary N) is 2. The number of anilines is 1. The first-order valence-corrected chi connectivity index (χ1v) is 10.1. The molecule has 0 fully saturated rings. The molecule has 2 heterocycles. The molecule has 0 saturated heterocycles. The summed E-state index contributed by atoms with van der Waals surface area (Å²) in [6.45, 7) is 12.7. The Kier molecular flexibility index (Phi) is 8.38. The highest BCUT2D eigenvalue weighted by Gasteiger charge is 2.18. The van der Waals surface area contributed by atoms with Gasteiger partial charge in [0, 0.05) is 50.0 Å². The molecule has 0 aliphatic heterocycles. The van der Waals surface area contributed by atoms with E-state index in [9.17, 15) is 4.39 Å². The van der Waals surface area contributed by atoms with Crippen LogP contribution in [0, 0.1) is 17.7 Å². The molecule has 0 amide bonds. The Bertz CT molecular complexity index is 717. The maximum Gasteiger partial charge on any atom is 0.166 e. The van der Waals surface area contributed by atoms with Gasteiger partial charge in [0.25, 0.3) is 0 Å². The van der Waals surface area contributed by atoms with Crippen molar-refractivity contribution < 1.29 is 4.39 Å². The van der Waals surface area contributed by atoms with Crippen LogP contribution in [0.4, 0.5) is 10.2 Å². The van der Waals surface area contributed by atoms with Gasteiger partial charge < -0.3 is 15.1 Å². The second-order valence-electron chi connectivity index (χ2n) is 8.33. The number of rotatable bonds is 11. The number of nitrogens with zero attached hydrogens (tertiary/aromatic N) is 4. The molecule has 2 aromatic heterocycles. The number of hydrogen-bond donors (Lipinski definition) is 2. The van der Waals surface area contributed by atoms with Crippen molar-refractivity contribution in [3.8, 4) is 11.3 Å². The lowest BCUT2D eigenvalue weighted by atomic mass is 10.1. The quantitative estimate of drug-likeness (QED) is 0.616. The normalized spacial score (nSPS) is 11.8. The second kappa shape index (κ2) is 10.5. The zero-order chi connectivity index (χ0) is 20.7. The fraction of sp³-hybridized carbons (Fsp3) is 0.619. The van der Waals surface area contributed by atoms with E-state index in [-0.39, 0.29) is 5.82 Å². The van der Waals surface area contributed by atoms with Gasteiger partial charge in [0.1, 0.15) is 0 Å². The van der Waals surface area contributed by atoms with Gasteiger partial charge >= 0.3 is 0 Å². The molecule has 0 spiro atoms. The summed E-state index contributed by atoms with van der Waals surface area (Å²) < 4.78 is 15.0. The van der Waals surface area contributed by atoms with Crippen molar-refractivity contribution >= 4 is 5.82 Å². The van der Waals surface area contributed by atoms with Crippen LogP contribution in [0.3, 0.4) is 0 Å². The third-order valence-corrected chi connectivity index (χ3v) is 4.48. The highest BCUT2D eigenvalue weighted by Crippen LogP contribution is 2.26. The third kappa shape index (κ3) is 6.27. The number of H-pyrrole nitrogens is 1. The molecule has 156 valence electrons. The van der Waals surface area contributed by atoms with E-state index >= 15 is 0 Å². The fourth-order valence-corrected chi connectivity index (χ4v) is 3.28. The summed E-state index contributed by atoms with van der Waals surface area (Å²) in [5.41, 5.74) is 2.59. The number of halogens is 1. The molecule has 0 bridgehead atoms. The van der Waals surface area contributed by atoms with Crippen molar-refractivity contribution in [2.75, 3.05) is 45.2 Å². The van der Waals surface area contributed by atoms with Gasteiger partial charge in [0.2, 0.25) is 0 Å². The molecule has 2 rings (SSSR count). The second-order valence-corrected chi connectivity index (χ2v) is 8.33. The van der Waals surface area contributed by atoms with E-state index in [0.717, 1.165) is 49.5 Å². The zero-order valence-electron chi connectivity index (χ0n) is 18.1. The van der Waals surface area contributed by atoms with Crippen LogP contribution in [0.5, 0.6) is 0 Å². The third-order valence-electron chi connectivity index (χ3n) is 4.48.